The van der Waals surface area contributed by atoms with Crippen LogP contribution in [-0.4, -0.2) is 15.8 Å². The van der Waals surface area contributed by atoms with E-state index in [0.29, 0.717) is 13.0 Å². The van der Waals surface area contributed by atoms with E-state index in [1.807, 2.05) is 24.3 Å². The summed E-state index contributed by atoms with van der Waals surface area (Å²) < 4.78 is 0. The van der Waals surface area contributed by atoms with Crippen LogP contribution >= 0.6 is 0 Å². The molecule has 0 saturated heterocycles. The summed E-state index contributed by atoms with van der Waals surface area (Å²) in [6.45, 7) is 7.02. The van der Waals surface area contributed by atoms with Crippen molar-refractivity contribution >= 4 is 5.71 Å². The zero-order valence-electron chi connectivity index (χ0n) is 11.7. The molecule has 0 amide bonds. The molecule has 1 heterocycles. The van der Waals surface area contributed by atoms with Gasteiger partial charge in [0.05, 0.1) is 18.0 Å². The van der Waals surface area contributed by atoms with Gasteiger partial charge in [0, 0.05) is 12.6 Å². The minimum atomic E-state index is 0.100. The molecule has 1 aromatic heterocycles. The molecular formula is C16H20N2O. The fraction of sp³-hybridized carbons (Fsp3) is 0.375. The third-order valence-electron chi connectivity index (χ3n) is 3.22. The zero-order chi connectivity index (χ0) is 13.9. The van der Waals surface area contributed by atoms with Gasteiger partial charge in [0.25, 0.3) is 0 Å². The van der Waals surface area contributed by atoms with E-state index in [0.717, 1.165) is 11.4 Å². The van der Waals surface area contributed by atoms with Crippen molar-refractivity contribution in [2.24, 2.45) is 10.4 Å². The van der Waals surface area contributed by atoms with Gasteiger partial charge >= 0.3 is 0 Å². The molecule has 0 aliphatic heterocycles. The third kappa shape index (κ3) is 3.53. The number of nitrogens with zero attached hydrogens (tertiary/aromatic N) is 2. The highest BCUT2D eigenvalue weighted by atomic mass is 16.3. The van der Waals surface area contributed by atoms with E-state index in [-0.39, 0.29) is 11.2 Å². The van der Waals surface area contributed by atoms with Crippen molar-refractivity contribution in [3.05, 3.63) is 53.6 Å². The summed E-state index contributed by atoms with van der Waals surface area (Å²) in [6.07, 6.45) is 6.20. The molecule has 3 heteroatoms. The summed E-state index contributed by atoms with van der Waals surface area (Å²) in [6, 6.07) is 5.77. The van der Waals surface area contributed by atoms with Crippen LogP contribution in [0.2, 0.25) is 0 Å². The maximum absolute atomic E-state index is 9.90. The Kier molecular flexibility index (Phi) is 3.84. The van der Waals surface area contributed by atoms with E-state index in [2.05, 4.69) is 30.7 Å². The Morgan fingerprint density at radius 3 is 2.68 bits per heavy atom. The van der Waals surface area contributed by atoms with Crippen LogP contribution in [0.25, 0.3) is 0 Å². The second-order valence-electron chi connectivity index (χ2n) is 5.75. The lowest BCUT2D eigenvalue weighted by Gasteiger charge is -2.25. The van der Waals surface area contributed by atoms with E-state index < -0.39 is 0 Å². The first-order valence-corrected chi connectivity index (χ1v) is 6.51. The molecule has 0 saturated carbocycles. The van der Waals surface area contributed by atoms with Crippen LogP contribution in [0.4, 0.5) is 0 Å². The first-order valence-electron chi connectivity index (χ1n) is 6.51. The molecule has 0 unspecified atom stereocenters. The summed E-state index contributed by atoms with van der Waals surface area (Å²) in [5.41, 5.74) is 3.04. The largest absolute Gasteiger partial charge is 0.506 e. The van der Waals surface area contributed by atoms with E-state index in [1.165, 1.54) is 5.57 Å². The van der Waals surface area contributed by atoms with Gasteiger partial charge < -0.3 is 5.11 Å². The number of rotatable bonds is 2. The van der Waals surface area contributed by atoms with Crippen molar-refractivity contribution in [1.29, 1.82) is 0 Å². The molecule has 1 N–H and O–H groups in total. The van der Waals surface area contributed by atoms with Gasteiger partial charge in [0.15, 0.2) is 0 Å². The van der Waals surface area contributed by atoms with Crippen molar-refractivity contribution in [3.63, 3.8) is 0 Å². The Balaban J connectivity index is 2.14. The fourth-order valence-electron chi connectivity index (χ4n) is 1.93. The molecule has 0 aromatic carbocycles. The zero-order valence-corrected chi connectivity index (χ0v) is 11.7. The first-order chi connectivity index (χ1) is 8.97. The molecule has 0 atom stereocenters. The maximum Gasteiger partial charge on any atom is 0.136 e. The van der Waals surface area contributed by atoms with Crippen LogP contribution in [0, 0.1) is 5.41 Å². The van der Waals surface area contributed by atoms with Crippen molar-refractivity contribution in [2.45, 2.75) is 33.7 Å². The summed E-state index contributed by atoms with van der Waals surface area (Å²) in [7, 11) is 0. The smallest absolute Gasteiger partial charge is 0.136 e. The Hall–Kier alpha value is -1.90. The van der Waals surface area contributed by atoms with Crippen LogP contribution in [0.1, 0.15) is 32.9 Å². The molecule has 100 valence electrons. The van der Waals surface area contributed by atoms with Crippen molar-refractivity contribution in [2.75, 3.05) is 0 Å². The van der Waals surface area contributed by atoms with Crippen LogP contribution in [0.15, 0.2) is 52.9 Å². The van der Waals surface area contributed by atoms with E-state index in [9.17, 15) is 5.11 Å². The average Bonchev–Trinajstić information content (AvgIpc) is 2.37. The lowest BCUT2D eigenvalue weighted by molar-refractivity contribution is 0.434. The number of pyridine rings is 1. The van der Waals surface area contributed by atoms with Gasteiger partial charge in [0.2, 0.25) is 0 Å². The highest BCUT2D eigenvalue weighted by Crippen LogP contribution is 2.31. The monoisotopic (exact) mass is 256 g/mol. The molecule has 0 radical (unpaired) electrons. The predicted molar refractivity (Wildman–Crippen MR) is 78.2 cm³/mol. The first kappa shape index (κ1) is 13.5. The predicted octanol–water partition coefficient (Wildman–Crippen LogP) is 3.84. The number of hydrogen-bond acceptors (Lipinski definition) is 3. The summed E-state index contributed by atoms with van der Waals surface area (Å²) in [5.74, 6) is 0.268. The molecule has 0 fully saturated rings. The highest BCUT2D eigenvalue weighted by molar-refractivity contribution is 6.01. The van der Waals surface area contributed by atoms with Gasteiger partial charge in [-0.25, -0.2) is 0 Å². The van der Waals surface area contributed by atoms with Gasteiger partial charge in [-0.15, -0.1) is 0 Å². The molecule has 0 spiro atoms. The van der Waals surface area contributed by atoms with Crippen molar-refractivity contribution < 1.29 is 5.11 Å². The maximum atomic E-state index is 9.90. The van der Waals surface area contributed by atoms with Crippen LogP contribution in [0.3, 0.4) is 0 Å². The van der Waals surface area contributed by atoms with E-state index in [4.69, 9.17) is 0 Å². The van der Waals surface area contributed by atoms with Gasteiger partial charge in [-0.05, 0) is 23.6 Å². The molecular weight excluding hydrogens is 236 g/mol. The van der Waals surface area contributed by atoms with Crippen LogP contribution in [0.5, 0.6) is 0 Å². The third-order valence-corrected chi connectivity index (χ3v) is 3.22. The lowest BCUT2D eigenvalue weighted by Crippen LogP contribution is -2.17. The Morgan fingerprint density at radius 2 is 2.05 bits per heavy atom. The average molecular weight is 256 g/mol. The van der Waals surface area contributed by atoms with E-state index in [1.54, 1.807) is 12.3 Å². The van der Waals surface area contributed by atoms with Crippen LogP contribution < -0.4 is 0 Å². The van der Waals surface area contributed by atoms with E-state index >= 15 is 0 Å². The SMILES string of the molecule is CC(C)(C)C1=CC=C(O)C(=NCc2ccccn2)C1. The molecule has 1 aromatic rings. The number of aliphatic hydroxyl groups is 1. The lowest BCUT2D eigenvalue weighted by atomic mass is 9.81. The van der Waals surface area contributed by atoms with Crippen molar-refractivity contribution in [1.82, 2.24) is 4.98 Å². The quantitative estimate of drug-likeness (QED) is 0.873. The van der Waals surface area contributed by atoms with Crippen LogP contribution in [-0.2, 0) is 6.54 Å². The molecule has 2 rings (SSSR count). The highest BCUT2D eigenvalue weighted by Gasteiger charge is 2.22. The second kappa shape index (κ2) is 5.39. The number of aliphatic imine (C=N–C) groups is 1. The second-order valence-corrected chi connectivity index (χ2v) is 5.75. The minimum absolute atomic E-state index is 0.100. The Bertz CT molecular complexity index is 534. The topological polar surface area (TPSA) is 45.5 Å². The van der Waals surface area contributed by atoms with Gasteiger partial charge in [0.1, 0.15) is 5.76 Å². The number of aromatic nitrogens is 1. The van der Waals surface area contributed by atoms with Gasteiger partial charge in [-0.1, -0.05) is 38.5 Å². The molecule has 1 aliphatic carbocycles. The summed E-state index contributed by atoms with van der Waals surface area (Å²) in [4.78, 5) is 8.73. The van der Waals surface area contributed by atoms with Crippen molar-refractivity contribution in [3.8, 4) is 0 Å². The molecule has 19 heavy (non-hydrogen) atoms. The molecule has 1 aliphatic rings. The minimum Gasteiger partial charge on any atom is -0.506 e. The summed E-state index contributed by atoms with van der Waals surface area (Å²) in [5, 5.41) is 9.90. The Morgan fingerprint density at radius 1 is 1.26 bits per heavy atom. The Labute approximate surface area is 114 Å². The van der Waals surface area contributed by atoms with Gasteiger partial charge in [-0.3, -0.25) is 9.98 Å². The molecule has 3 nitrogen and oxygen atoms in total. The fourth-order valence-corrected chi connectivity index (χ4v) is 1.93. The number of hydrogen-bond donors (Lipinski definition) is 1. The standard InChI is InChI=1S/C16H20N2O/c1-16(2,3)12-7-8-15(19)14(10-12)18-11-13-6-4-5-9-17-13/h4-9,19H,10-11H2,1-3H3. The summed E-state index contributed by atoms with van der Waals surface area (Å²) >= 11 is 0. The normalized spacial score (nSPS) is 18.2. The number of allylic oxidation sites excluding steroid dienone is 4. The number of aliphatic hydroxyl groups excluding tert-OH is 1. The van der Waals surface area contributed by atoms with Gasteiger partial charge in [-0.2, -0.15) is 0 Å². The molecule has 0 bridgehead atoms.